The van der Waals surface area contributed by atoms with Gasteiger partial charge in [-0.3, -0.25) is 9.59 Å². The maximum Gasteiger partial charge on any atom is 0.309 e. The molecule has 2 aliphatic heterocycles. The fourth-order valence-corrected chi connectivity index (χ4v) is 6.40. The van der Waals surface area contributed by atoms with Gasteiger partial charge in [-0.25, -0.2) is 18.4 Å². The third-order valence-corrected chi connectivity index (χ3v) is 8.12. The standard InChI is InChI=1S/C22H28N4O5S/c1-15-12-19(16(2)26(15)18-6-11-32(29,30)14-18)20(27)13-31-21(28)17-4-9-25(10-5-17)22-23-7-3-8-24-22/h3,7-8,12,17-18H,4-6,9-11,13-14H2,1-2H3. The number of piperidine rings is 1. The molecular formula is C22H28N4O5S. The molecule has 2 fully saturated rings. The lowest BCUT2D eigenvalue weighted by molar-refractivity contribution is -0.148. The van der Waals surface area contributed by atoms with Crippen molar-refractivity contribution in [3.8, 4) is 0 Å². The average Bonchev–Trinajstić information content (AvgIpc) is 3.29. The van der Waals surface area contributed by atoms with Crippen LogP contribution in [0.15, 0.2) is 24.5 Å². The Kier molecular flexibility index (Phi) is 6.32. The Balaban J connectivity index is 1.32. The lowest BCUT2D eigenvalue weighted by atomic mass is 9.97. The van der Waals surface area contributed by atoms with E-state index in [1.807, 2.05) is 23.3 Å². The van der Waals surface area contributed by atoms with E-state index in [9.17, 15) is 18.0 Å². The van der Waals surface area contributed by atoms with E-state index in [0.29, 0.717) is 43.9 Å². The molecule has 1 atom stereocenters. The highest BCUT2D eigenvalue weighted by atomic mass is 32.2. The van der Waals surface area contributed by atoms with Crippen molar-refractivity contribution >= 4 is 27.5 Å². The molecule has 0 amide bonds. The highest BCUT2D eigenvalue weighted by Gasteiger charge is 2.32. The Morgan fingerprint density at radius 2 is 1.81 bits per heavy atom. The minimum atomic E-state index is -3.03. The summed E-state index contributed by atoms with van der Waals surface area (Å²) in [5.41, 5.74) is 2.05. The third kappa shape index (κ3) is 4.69. The summed E-state index contributed by atoms with van der Waals surface area (Å²) in [5.74, 6) is 0.0407. The molecule has 0 aliphatic carbocycles. The van der Waals surface area contributed by atoms with Gasteiger partial charge in [-0.2, -0.15) is 0 Å². The van der Waals surface area contributed by atoms with Crippen LogP contribution in [0.3, 0.4) is 0 Å². The second kappa shape index (κ2) is 9.01. The van der Waals surface area contributed by atoms with Crippen LogP contribution in [0.2, 0.25) is 0 Å². The van der Waals surface area contributed by atoms with Crippen LogP contribution in [-0.4, -0.2) is 65.9 Å². The van der Waals surface area contributed by atoms with Crippen molar-refractivity contribution in [3.05, 3.63) is 41.5 Å². The van der Waals surface area contributed by atoms with E-state index in [-0.39, 0.29) is 41.8 Å². The van der Waals surface area contributed by atoms with Gasteiger partial charge in [-0.15, -0.1) is 0 Å². The average molecular weight is 461 g/mol. The number of hydrogen-bond acceptors (Lipinski definition) is 8. The molecule has 0 bridgehead atoms. The first-order chi connectivity index (χ1) is 15.2. The molecular weight excluding hydrogens is 432 g/mol. The number of ether oxygens (including phenoxy) is 1. The van der Waals surface area contributed by atoms with Gasteiger partial charge in [0.15, 0.2) is 16.4 Å². The summed E-state index contributed by atoms with van der Waals surface area (Å²) in [6.07, 6.45) is 5.17. The van der Waals surface area contributed by atoms with Crippen molar-refractivity contribution in [1.29, 1.82) is 0 Å². The zero-order valence-electron chi connectivity index (χ0n) is 18.4. The van der Waals surface area contributed by atoms with Crippen molar-refractivity contribution in [3.63, 3.8) is 0 Å². The monoisotopic (exact) mass is 460 g/mol. The smallest absolute Gasteiger partial charge is 0.309 e. The van der Waals surface area contributed by atoms with E-state index in [4.69, 9.17) is 4.74 Å². The lowest BCUT2D eigenvalue weighted by Gasteiger charge is -2.30. The van der Waals surface area contributed by atoms with E-state index < -0.39 is 9.84 Å². The van der Waals surface area contributed by atoms with Crippen molar-refractivity contribution in [2.45, 2.75) is 39.2 Å². The Morgan fingerprint density at radius 1 is 1.12 bits per heavy atom. The summed E-state index contributed by atoms with van der Waals surface area (Å²) in [7, 11) is -3.03. The van der Waals surface area contributed by atoms with E-state index in [1.54, 1.807) is 24.5 Å². The summed E-state index contributed by atoms with van der Waals surface area (Å²) < 4.78 is 31.0. The lowest BCUT2D eigenvalue weighted by Crippen LogP contribution is -2.38. The van der Waals surface area contributed by atoms with E-state index in [1.165, 1.54) is 0 Å². The second-order valence-corrected chi connectivity index (χ2v) is 10.8. The molecule has 0 saturated carbocycles. The molecule has 2 aromatic heterocycles. The molecule has 0 spiro atoms. The van der Waals surface area contributed by atoms with Crippen LogP contribution in [0.4, 0.5) is 5.95 Å². The summed E-state index contributed by atoms with van der Waals surface area (Å²) in [4.78, 5) is 35.8. The van der Waals surface area contributed by atoms with Crippen LogP contribution in [0.1, 0.15) is 47.1 Å². The zero-order chi connectivity index (χ0) is 22.9. The predicted octanol–water partition coefficient (Wildman–Crippen LogP) is 1.90. The molecule has 0 N–H and O–H groups in total. The van der Waals surface area contributed by atoms with Gasteiger partial charge in [-0.1, -0.05) is 0 Å². The number of anilines is 1. The van der Waals surface area contributed by atoms with Crippen LogP contribution in [0.5, 0.6) is 0 Å². The Labute approximate surface area is 187 Å². The molecule has 9 nitrogen and oxygen atoms in total. The summed E-state index contributed by atoms with van der Waals surface area (Å²) in [5, 5.41) is 0. The van der Waals surface area contributed by atoms with E-state index >= 15 is 0 Å². The van der Waals surface area contributed by atoms with Gasteiger partial charge in [0.25, 0.3) is 0 Å². The quantitative estimate of drug-likeness (QED) is 0.475. The zero-order valence-corrected chi connectivity index (χ0v) is 19.2. The SMILES string of the molecule is Cc1cc(C(=O)COC(=O)C2CCN(c3ncccn3)CC2)c(C)n1C1CCS(=O)(=O)C1. The molecule has 10 heteroatoms. The number of rotatable bonds is 6. The Bertz CT molecular complexity index is 1100. The first-order valence-electron chi connectivity index (χ1n) is 10.9. The second-order valence-electron chi connectivity index (χ2n) is 8.55. The van der Waals surface area contributed by atoms with Gasteiger partial charge in [0.05, 0.1) is 17.4 Å². The molecule has 0 aromatic carbocycles. The predicted molar refractivity (Wildman–Crippen MR) is 118 cm³/mol. The summed E-state index contributed by atoms with van der Waals surface area (Å²) in [6, 6.07) is 3.37. The van der Waals surface area contributed by atoms with Crippen molar-refractivity contribution in [1.82, 2.24) is 14.5 Å². The number of nitrogens with zero attached hydrogens (tertiary/aromatic N) is 4. The number of Topliss-reactive ketones (excluding diaryl/α,β-unsaturated/α-hetero) is 1. The molecule has 2 aliphatic rings. The van der Waals surface area contributed by atoms with Crippen molar-refractivity contribution in [2.75, 3.05) is 36.1 Å². The molecule has 172 valence electrons. The van der Waals surface area contributed by atoms with Crippen molar-refractivity contribution < 1.29 is 22.7 Å². The van der Waals surface area contributed by atoms with Crippen molar-refractivity contribution in [2.24, 2.45) is 5.92 Å². The maximum absolute atomic E-state index is 12.8. The topological polar surface area (TPSA) is 111 Å². The van der Waals surface area contributed by atoms with E-state index in [0.717, 1.165) is 11.4 Å². The minimum absolute atomic E-state index is 0.0959. The normalized spacial score (nSPS) is 20.9. The molecule has 2 aromatic rings. The van der Waals surface area contributed by atoms with Gasteiger partial charge in [0.1, 0.15) is 0 Å². The maximum atomic E-state index is 12.8. The van der Waals surface area contributed by atoms with Gasteiger partial charge in [-0.05, 0) is 45.2 Å². The number of esters is 1. The van der Waals surface area contributed by atoms with Crippen LogP contribution in [-0.2, 0) is 19.4 Å². The number of carbonyl (C=O) groups is 2. The summed E-state index contributed by atoms with van der Waals surface area (Å²) in [6.45, 7) is 4.68. The third-order valence-electron chi connectivity index (χ3n) is 6.37. The molecule has 4 heterocycles. The van der Waals surface area contributed by atoms with Crippen LogP contribution in [0.25, 0.3) is 0 Å². The highest BCUT2D eigenvalue weighted by molar-refractivity contribution is 7.91. The van der Waals surface area contributed by atoms with Gasteiger partial charge < -0.3 is 14.2 Å². The van der Waals surface area contributed by atoms with Gasteiger partial charge in [0.2, 0.25) is 11.7 Å². The molecule has 32 heavy (non-hydrogen) atoms. The minimum Gasteiger partial charge on any atom is -0.457 e. The number of sulfone groups is 1. The molecule has 0 radical (unpaired) electrons. The summed E-state index contributed by atoms with van der Waals surface area (Å²) >= 11 is 0. The first-order valence-corrected chi connectivity index (χ1v) is 12.7. The number of ketones is 1. The van der Waals surface area contributed by atoms with Crippen LogP contribution >= 0.6 is 0 Å². The van der Waals surface area contributed by atoms with Crippen LogP contribution in [0, 0.1) is 19.8 Å². The van der Waals surface area contributed by atoms with Gasteiger partial charge in [0, 0.05) is 48.5 Å². The largest absolute Gasteiger partial charge is 0.457 e. The van der Waals surface area contributed by atoms with Gasteiger partial charge >= 0.3 is 5.97 Å². The van der Waals surface area contributed by atoms with E-state index in [2.05, 4.69) is 9.97 Å². The number of carbonyl (C=O) groups excluding carboxylic acids is 2. The number of aromatic nitrogens is 3. The van der Waals surface area contributed by atoms with Crippen LogP contribution < -0.4 is 4.90 Å². The molecule has 4 rings (SSSR count). The number of hydrogen-bond donors (Lipinski definition) is 0. The number of aryl methyl sites for hydroxylation is 1. The Morgan fingerprint density at radius 3 is 2.44 bits per heavy atom. The fourth-order valence-electron chi connectivity index (χ4n) is 4.70. The fraction of sp³-hybridized carbons (Fsp3) is 0.545. The first kappa shape index (κ1) is 22.4. The molecule has 2 saturated heterocycles. The Hall–Kier alpha value is -2.75. The molecule has 1 unspecified atom stereocenters. The highest BCUT2D eigenvalue weighted by Crippen LogP contribution is 2.29.